The van der Waals surface area contributed by atoms with Gasteiger partial charge in [-0.3, -0.25) is 0 Å². The summed E-state index contributed by atoms with van der Waals surface area (Å²) in [5, 5.41) is 0. The van der Waals surface area contributed by atoms with Crippen LogP contribution in [0.1, 0.15) is 12.0 Å². The van der Waals surface area contributed by atoms with Crippen LogP contribution in [-0.2, 0) is 0 Å². The second-order valence-corrected chi connectivity index (χ2v) is 2.84. The molecule has 1 aromatic rings. The molecule has 0 spiro atoms. The number of rotatable bonds is 4. The number of ether oxygens (including phenoxy) is 1. The van der Waals surface area contributed by atoms with Crippen molar-refractivity contribution in [2.45, 2.75) is 13.3 Å². The van der Waals surface area contributed by atoms with E-state index in [2.05, 4.69) is 6.58 Å². The second-order valence-electron chi connectivity index (χ2n) is 2.84. The molecule has 0 atom stereocenters. The summed E-state index contributed by atoms with van der Waals surface area (Å²) in [7, 11) is 0. The molecular formula is C11H13FO. The third-order valence-electron chi connectivity index (χ3n) is 1.72. The van der Waals surface area contributed by atoms with E-state index in [0.717, 1.165) is 6.42 Å². The van der Waals surface area contributed by atoms with E-state index in [1.807, 2.05) is 0 Å². The highest BCUT2D eigenvalue weighted by atomic mass is 19.1. The van der Waals surface area contributed by atoms with Crippen molar-refractivity contribution in [3.05, 3.63) is 42.2 Å². The number of benzene rings is 1. The van der Waals surface area contributed by atoms with Gasteiger partial charge in [0.05, 0.1) is 6.61 Å². The molecule has 1 aromatic carbocycles. The maximum atomic E-state index is 12.8. The van der Waals surface area contributed by atoms with Gasteiger partial charge in [0.25, 0.3) is 0 Å². The number of hydrogen-bond acceptors (Lipinski definition) is 1. The monoisotopic (exact) mass is 180 g/mol. The van der Waals surface area contributed by atoms with Crippen LogP contribution in [0.15, 0.2) is 30.9 Å². The van der Waals surface area contributed by atoms with Crippen molar-refractivity contribution in [1.82, 2.24) is 0 Å². The van der Waals surface area contributed by atoms with Crippen molar-refractivity contribution in [3.63, 3.8) is 0 Å². The van der Waals surface area contributed by atoms with Crippen LogP contribution in [-0.4, -0.2) is 6.61 Å². The lowest BCUT2D eigenvalue weighted by Crippen LogP contribution is -1.96. The lowest BCUT2D eigenvalue weighted by molar-refractivity contribution is 0.324. The van der Waals surface area contributed by atoms with E-state index >= 15 is 0 Å². The minimum Gasteiger partial charge on any atom is -0.493 e. The van der Waals surface area contributed by atoms with Gasteiger partial charge in [0.2, 0.25) is 0 Å². The van der Waals surface area contributed by atoms with Crippen LogP contribution in [0.5, 0.6) is 5.75 Å². The Morgan fingerprint density at radius 1 is 1.54 bits per heavy atom. The number of hydrogen-bond donors (Lipinski definition) is 0. The first-order chi connectivity index (χ1) is 6.24. The summed E-state index contributed by atoms with van der Waals surface area (Å²) in [5.41, 5.74) is 0.608. The second kappa shape index (κ2) is 4.65. The summed E-state index contributed by atoms with van der Waals surface area (Å²) < 4.78 is 18.2. The Labute approximate surface area is 77.8 Å². The highest BCUT2D eigenvalue weighted by Gasteiger charge is 1.98. The Morgan fingerprint density at radius 2 is 2.31 bits per heavy atom. The zero-order valence-electron chi connectivity index (χ0n) is 7.72. The quantitative estimate of drug-likeness (QED) is 0.511. The van der Waals surface area contributed by atoms with Gasteiger partial charge in [0.15, 0.2) is 0 Å². The van der Waals surface area contributed by atoms with Gasteiger partial charge >= 0.3 is 0 Å². The molecule has 13 heavy (non-hydrogen) atoms. The summed E-state index contributed by atoms with van der Waals surface area (Å²) in [5.74, 6) is 0.511. The Kier molecular flexibility index (Phi) is 3.50. The molecule has 0 heterocycles. The predicted octanol–water partition coefficient (Wildman–Crippen LogP) is 3.09. The molecule has 0 amide bonds. The molecule has 0 fully saturated rings. The maximum Gasteiger partial charge on any atom is 0.126 e. The van der Waals surface area contributed by atoms with Gasteiger partial charge in [-0.2, -0.15) is 0 Å². The van der Waals surface area contributed by atoms with Crippen molar-refractivity contribution in [1.29, 1.82) is 0 Å². The van der Waals surface area contributed by atoms with Gasteiger partial charge < -0.3 is 4.74 Å². The summed E-state index contributed by atoms with van der Waals surface area (Å²) in [6, 6.07) is 4.74. The smallest absolute Gasteiger partial charge is 0.126 e. The zero-order valence-corrected chi connectivity index (χ0v) is 7.72. The van der Waals surface area contributed by atoms with E-state index in [4.69, 9.17) is 4.74 Å². The lowest BCUT2D eigenvalue weighted by Gasteiger charge is -2.05. The van der Waals surface area contributed by atoms with Gasteiger partial charge in [-0.1, -0.05) is 6.08 Å². The van der Waals surface area contributed by atoms with Crippen LogP contribution in [0, 0.1) is 12.7 Å². The SMILES string of the molecule is C=CCCOc1ccc(F)c(C)c1. The van der Waals surface area contributed by atoms with Crippen molar-refractivity contribution in [2.24, 2.45) is 0 Å². The maximum absolute atomic E-state index is 12.8. The first kappa shape index (κ1) is 9.78. The molecule has 0 aromatic heterocycles. The van der Waals surface area contributed by atoms with Crippen molar-refractivity contribution < 1.29 is 9.13 Å². The van der Waals surface area contributed by atoms with Crippen LogP contribution in [0.25, 0.3) is 0 Å². The highest BCUT2D eigenvalue weighted by molar-refractivity contribution is 5.28. The largest absolute Gasteiger partial charge is 0.493 e. The Hall–Kier alpha value is -1.31. The van der Waals surface area contributed by atoms with Crippen LogP contribution in [0.4, 0.5) is 4.39 Å². The molecule has 0 aliphatic rings. The Morgan fingerprint density at radius 3 is 2.92 bits per heavy atom. The molecule has 1 nitrogen and oxygen atoms in total. The van der Waals surface area contributed by atoms with E-state index in [-0.39, 0.29) is 5.82 Å². The molecule has 0 saturated heterocycles. The Balaban J connectivity index is 2.57. The van der Waals surface area contributed by atoms with E-state index in [9.17, 15) is 4.39 Å². The fourth-order valence-electron chi connectivity index (χ4n) is 0.967. The molecule has 0 aliphatic heterocycles. The summed E-state index contributed by atoms with van der Waals surface area (Å²) in [6.07, 6.45) is 2.59. The number of halogens is 1. The highest BCUT2D eigenvalue weighted by Crippen LogP contribution is 2.15. The van der Waals surface area contributed by atoms with Gasteiger partial charge in [-0.15, -0.1) is 6.58 Å². The Bertz CT molecular complexity index is 294. The third-order valence-corrected chi connectivity index (χ3v) is 1.72. The molecule has 2 heteroatoms. The van der Waals surface area contributed by atoms with Gasteiger partial charge in [-0.05, 0) is 37.1 Å². The molecule has 0 saturated carbocycles. The lowest BCUT2D eigenvalue weighted by atomic mass is 10.2. The fraction of sp³-hybridized carbons (Fsp3) is 0.273. The third kappa shape index (κ3) is 2.90. The minimum atomic E-state index is -0.198. The first-order valence-electron chi connectivity index (χ1n) is 4.24. The van der Waals surface area contributed by atoms with Gasteiger partial charge in [0, 0.05) is 0 Å². The summed E-state index contributed by atoms with van der Waals surface area (Å²) in [4.78, 5) is 0. The van der Waals surface area contributed by atoms with Crippen LogP contribution in [0.3, 0.4) is 0 Å². The molecular weight excluding hydrogens is 167 g/mol. The average Bonchev–Trinajstić information content (AvgIpc) is 2.12. The van der Waals surface area contributed by atoms with Crippen molar-refractivity contribution >= 4 is 0 Å². The van der Waals surface area contributed by atoms with Crippen molar-refractivity contribution in [2.75, 3.05) is 6.61 Å². The molecule has 0 radical (unpaired) electrons. The van der Waals surface area contributed by atoms with E-state index in [1.54, 1.807) is 25.1 Å². The molecule has 0 bridgehead atoms. The van der Waals surface area contributed by atoms with Crippen LogP contribution in [0.2, 0.25) is 0 Å². The normalized spacial score (nSPS) is 9.69. The minimum absolute atomic E-state index is 0.198. The standard InChI is InChI=1S/C11H13FO/c1-3-4-7-13-10-5-6-11(12)9(2)8-10/h3,5-6,8H,1,4,7H2,2H3. The molecule has 1 rings (SSSR count). The van der Waals surface area contributed by atoms with Crippen LogP contribution < -0.4 is 4.74 Å². The topological polar surface area (TPSA) is 9.23 Å². The van der Waals surface area contributed by atoms with Gasteiger partial charge in [0.1, 0.15) is 11.6 Å². The molecule has 0 unspecified atom stereocenters. The van der Waals surface area contributed by atoms with E-state index in [1.165, 1.54) is 6.07 Å². The van der Waals surface area contributed by atoms with E-state index < -0.39 is 0 Å². The molecule has 70 valence electrons. The fourth-order valence-corrected chi connectivity index (χ4v) is 0.967. The van der Waals surface area contributed by atoms with Gasteiger partial charge in [-0.25, -0.2) is 4.39 Å². The average molecular weight is 180 g/mol. The zero-order chi connectivity index (χ0) is 9.68. The van der Waals surface area contributed by atoms with E-state index in [0.29, 0.717) is 17.9 Å². The summed E-state index contributed by atoms with van der Waals surface area (Å²) in [6.45, 7) is 5.89. The predicted molar refractivity (Wildman–Crippen MR) is 51.4 cm³/mol. The van der Waals surface area contributed by atoms with Crippen molar-refractivity contribution in [3.8, 4) is 5.75 Å². The molecule has 0 N–H and O–H groups in total. The molecule has 0 aliphatic carbocycles. The van der Waals surface area contributed by atoms with Crippen LogP contribution >= 0.6 is 0 Å². The summed E-state index contributed by atoms with van der Waals surface area (Å²) >= 11 is 0. The number of aryl methyl sites for hydroxylation is 1. The first-order valence-corrected chi connectivity index (χ1v) is 4.24.